The monoisotopic (exact) mass is 400 g/mol. The van der Waals surface area contributed by atoms with Crippen LogP contribution in [0.3, 0.4) is 0 Å². The van der Waals surface area contributed by atoms with Gasteiger partial charge in [-0.2, -0.15) is 4.31 Å². The normalized spacial score (nSPS) is 15.5. The predicted octanol–water partition coefficient (Wildman–Crippen LogP) is 3.52. The Balaban J connectivity index is 1.68. The van der Waals surface area contributed by atoms with E-state index in [0.29, 0.717) is 18.8 Å². The minimum absolute atomic E-state index is 0.200. The Morgan fingerprint density at radius 3 is 2.46 bits per heavy atom. The second-order valence-corrected chi connectivity index (χ2v) is 8.53. The van der Waals surface area contributed by atoms with Crippen molar-refractivity contribution in [3.05, 3.63) is 60.2 Å². The van der Waals surface area contributed by atoms with E-state index in [9.17, 15) is 13.2 Å². The predicted molar refractivity (Wildman–Crippen MR) is 110 cm³/mol. The number of nitrogens with one attached hydrogen (secondary N) is 1. The van der Waals surface area contributed by atoms with Crippen LogP contribution in [0.1, 0.15) is 24.8 Å². The Bertz CT molecular complexity index is 947. The number of piperidine rings is 1. The largest absolute Gasteiger partial charge is 0.497 e. The third-order valence-corrected chi connectivity index (χ3v) is 6.49. The van der Waals surface area contributed by atoms with E-state index in [1.807, 2.05) is 24.3 Å². The summed E-state index contributed by atoms with van der Waals surface area (Å²) in [5.41, 5.74) is 1.31. The smallest absolute Gasteiger partial charge is 0.248 e. The van der Waals surface area contributed by atoms with E-state index in [4.69, 9.17) is 4.74 Å². The van der Waals surface area contributed by atoms with Crippen LogP contribution in [-0.2, 0) is 14.8 Å². The molecule has 1 aliphatic heterocycles. The molecule has 0 unspecified atom stereocenters. The Hall–Kier alpha value is -2.64. The van der Waals surface area contributed by atoms with Crippen LogP contribution in [0.25, 0.3) is 6.08 Å². The van der Waals surface area contributed by atoms with Crippen LogP contribution in [0.15, 0.2) is 59.5 Å². The minimum atomic E-state index is -3.53. The van der Waals surface area contributed by atoms with Gasteiger partial charge in [0.05, 0.1) is 12.0 Å². The summed E-state index contributed by atoms with van der Waals surface area (Å²) in [6, 6.07) is 13.7. The van der Waals surface area contributed by atoms with Crippen LogP contribution < -0.4 is 10.1 Å². The number of ether oxygens (including phenoxy) is 1. The number of hydrogen-bond acceptors (Lipinski definition) is 4. The number of sulfonamides is 1. The van der Waals surface area contributed by atoms with Crippen molar-refractivity contribution in [1.29, 1.82) is 0 Å². The van der Waals surface area contributed by atoms with Crippen molar-refractivity contribution < 1.29 is 17.9 Å². The molecule has 1 heterocycles. The first-order chi connectivity index (χ1) is 13.5. The summed E-state index contributed by atoms with van der Waals surface area (Å²) in [5.74, 6) is 0.414. The van der Waals surface area contributed by atoms with Gasteiger partial charge in [-0.05, 0) is 54.8 Å². The SMILES string of the molecule is COc1ccc(/C=C/C(=O)Nc2cccc(S(=O)(=O)N3CCCCC3)c2)cc1. The molecule has 0 aromatic heterocycles. The molecule has 0 aliphatic carbocycles. The van der Waals surface area contributed by atoms with Crippen molar-refractivity contribution in [3.8, 4) is 5.75 Å². The molecule has 148 valence electrons. The van der Waals surface area contributed by atoms with Crippen LogP contribution >= 0.6 is 0 Å². The van der Waals surface area contributed by atoms with E-state index < -0.39 is 10.0 Å². The molecule has 0 radical (unpaired) electrons. The summed E-state index contributed by atoms with van der Waals surface area (Å²) in [5, 5.41) is 2.72. The van der Waals surface area contributed by atoms with E-state index >= 15 is 0 Å². The van der Waals surface area contributed by atoms with Crippen molar-refractivity contribution in [1.82, 2.24) is 4.31 Å². The standard InChI is InChI=1S/C21H24N2O4S/c1-27-19-11-8-17(9-12-19)10-13-21(24)22-18-6-5-7-20(16-18)28(25,26)23-14-3-2-4-15-23/h5-13,16H,2-4,14-15H2,1H3,(H,22,24)/b13-10+. The van der Waals surface area contributed by atoms with Gasteiger partial charge in [0.15, 0.2) is 0 Å². The maximum atomic E-state index is 12.8. The van der Waals surface area contributed by atoms with E-state index in [1.54, 1.807) is 31.4 Å². The van der Waals surface area contributed by atoms with Crippen molar-refractivity contribution in [2.75, 3.05) is 25.5 Å². The number of hydrogen-bond donors (Lipinski definition) is 1. The molecule has 6 nitrogen and oxygen atoms in total. The Kier molecular flexibility index (Phi) is 6.49. The Labute approximate surface area is 165 Å². The third-order valence-electron chi connectivity index (χ3n) is 4.60. The molecule has 2 aromatic rings. The Morgan fingerprint density at radius 2 is 1.79 bits per heavy atom. The van der Waals surface area contributed by atoms with E-state index in [0.717, 1.165) is 30.6 Å². The maximum absolute atomic E-state index is 12.8. The first-order valence-corrected chi connectivity index (χ1v) is 10.7. The quantitative estimate of drug-likeness (QED) is 0.753. The molecule has 1 aliphatic rings. The van der Waals surface area contributed by atoms with Gasteiger partial charge in [-0.15, -0.1) is 0 Å². The number of rotatable bonds is 6. The topological polar surface area (TPSA) is 75.7 Å². The summed E-state index contributed by atoms with van der Waals surface area (Å²) in [6.45, 7) is 1.09. The van der Waals surface area contributed by atoms with Crippen LogP contribution in [0.5, 0.6) is 5.75 Å². The lowest BCUT2D eigenvalue weighted by Gasteiger charge is -2.26. The second kappa shape index (κ2) is 9.03. The summed E-state index contributed by atoms with van der Waals surface area (Å²) in [4.78, 5) is 12.4. The molecule has 7 heteroatoms. The van der Waals surface area contributed by atoms with Crippen LogP contribution in [0.2, 0.25) is 0 Å². The third kappa shape index (κ3) is 4.99. The number of nitrogens with zero attached hydrogens (tertiary/aromatic N) is 1. The second-order valence-electron chi connectivity index (χ2n) is 6.59. The number of anilines is 1. The molecule has 1 amide bonds. The van der Waals surface area contributed by atoms with E-state index in [-0.39, 0.29) is 10.8 Å². The van der Waals surface area contributed by atoms with Crippen molar-refractivity contribution in [3.63, 3.8) is 0 Å². The zero-order valence-electron chi connectivity index (χ0n) is 15.8. The molecular formula is C21H24N2O4S. The summed E-state index contributed by atoms with van der Waals surface area (Å²) in [6.07, 6.45) is 5.91. The fourth-order valence-electron chi connectivity index (χ4n) is 3.06. The van der Waals surface area contributed by atoms with Crippen molar-refractivity contribution >= 4 is 27.7 Å². The molecule has 2 aromatic carbocycles. The molecule has 0 atom stereocenters. The lowest BCUT2D eigenvalue weighted by Crippen LogP contribution is -2.35. The van der Waals surface area contributed by atoms with E-state index in [1.165, 1.54) is 16.4 Å². The lowest BCUT2D eigenvalue weighted by molar-refractivity contribution is -0.111. The fourth-order valence-corrected chi connectivity index (χ4v) is 4.62. The first-order valence-electron chi connectivity index (χ1n) is 9.22. The number of benzene rings is 2. The highest BCUT2D eigenvalue weighted by Gasteiger charge is 2.26. The molecule has 28 heavy (non-hydrogen) atoms. The average Bonchev–Trinajstić information content (AvgIpc) is 2.73. The zero-order chi connectivity index (χ0) is 20.0. The molecular weight excluding hydrogens is 376 g/mol. The maximum Gasteiger partial charge on any atom is 0.248 e. The van der Waals surface area contributed by atoms with Gasteiger partial charge in [0, 0.05) is 24.9 Å². The number of carbonyl (C=O) groups is 1. The van der Waals surface area contributed by atoms with Gasteiger partial charge in [0.2, 0.25) is 15.9 Å². The van der Waals surface area contributed by atoms with Crippen LogP contribution in [0.4, 0.5) is 5.69 Å². The van der Waals surface area contributed by atoms with Gasteiger partial charge in [0.1, 0.15) is 5.75 Å². The van der Waals surface area contributed by atoms with Crippen molar-refractivity contribution in [2.24, 2.45) is 0 Å². The lowest BCUT2D eigenvalue weighted by atomic mass is 10.2. The van der Waals surface area contributed by atoms with Crippen molar-refractivity contribution in [2.45, 2.75) is 24.2 Å². The van der Waals surface area contributed by atoms with Crippen LogP contribution in [0, 0.1) is 0 Å². The number of methoxy groups -OCH3 is 1. The molecule has 0 bridgehead atoms. The van der Waals surface area contributed by atoms with Gasteiger partial charge in [-0.3, -0.25) is 4.79 Å². The molecule has 3 rings (SSSR count). The Morgan fingerprint density at radius 1 is 1.07 bits per heavy atom. The summed E-state index contributed by atoms with van der Waals surface area (Å²) in [7, 11) is -1.93. The van der Waals surface area contributed by atoms with Crippen LogP contribution in [-0.4, -0.2) is 38.8 Å². The van der Waals surface area contributed by atoms with Gasteiger partial charge in [-0.1, -0.05) is 24.6 Å². The molecule has 0 spiro atoms. The first kappa shape index (κ1) is 20.1. The molecule has 1 N–H and O–H groups in total. The van der Waals surface area contributed by atoms with Gasteiger partial charge in [0.25, 0.3) is 0 Å². The molecule has 0 saturated carbocycles. The summed E-state index contributed by atoms with van der Waals surface area (Å²) >= 11 is 0. The highest BCUT2D eigenvalue weighted by molar-refractivity contribution is 7.89. The zero-order valence-corrected chi connectivity index (χ0v) is 16.6. The molecule has 1 fully saturated rings. The molecule has 1 saturated heterocycles. The number of carbonyl (C=O) groups excluding carboxylic acids is 1. The summed E-state index contributed by atoms with van der Waals surface area (Å²) < 4.78 is 32.2. The fraction of sp³-hybridized carbons (Fsp3) is 0.286. The van der Waals surface area contributed by atoms with Gasteiger partial charge < -0.3 is 10.1 Å². The van der Waals surface area contributed by atoms with E-state index in [2.05, 4.69) is 5.32 Å². The average molecular weight is 401 g/mol. The highest BCUT2D eigenvalue weighted by atomic mass is 32.2. The highest BCUT2D eigenvalue weighted by Crippen LogP contribution is 2.23. The number of amides is 1. The van der Waals surface area contributed by atoms with Gasteiger partial charge >= 0.3 is 0 Å². The van der Waals surface area contributed by atoms with Gasteiger partial charge in [-0.25, -0.2) is 8.42 Å². The minimum Gasteiger partial charge on any atom is -0.497 e.